The minimum atomic E-state index is -0.499. The van der Waals surface area contributed by atoms with Crippen LogP contribution in [-0.2, 0) is 9.53 Å². The second-order valence-electron chi connectivity index (χ2n) is 6.77. The molecule has 0 saturated heterocycles. The number of methoxy groups -OCH3 is 1. The predicted molar refractivity (Wildman–Crippen MR) is 120 cm³/mol. The molecule has 0 aromatic heterocycles. The zero-order valence-electron chi connectivity index (χ0n) is 18.6. The topological polar surface area (TPSA) is 59.1 Å². The van der Waals surface area contributed by atoms with Gasteiger partial charge >= 0.3 is 5.97 Å². The molecule has 0 bridgehead atoms. The van der Waals surface area contributed by atoms with E-state index in [1.54, 1.807) is 31.1 Å². The van der Waals surface area contributed by atoms with Crippen LogP contribution in [0.15, 0.2) is 48.5 Å². The maximum absolute atomic E-state index is 12.7. The second-order valence-corrected chi connectivity index (χ2v) is 6.77. The number of carbonyl (C=O) groups is 2. The van der Waals surface area contributed by atoms with E-state index < -0.39 is 6.04 Å². The molecule has 1 amide bonds. The molecule has 0 aliphatic carbocycles. The molecule has 1 atom stereocenters. The van der Waals surface area contributed by atoms with Gasteiger partial charge in [0.25, 0.3) is 5.91 Å². The first-order valence-corrected chi connectivity index (χ1v) is 10.5. The molecule has 2 rings (SSSR count). The van der Waals surface area contributed by atoms with Crippen LogP contribution in [0.2, 0.25) is 0 Å². The van der Waals surface area contributed by atoms with Gasteiger partial charge in [-0.15, -0.1) is 0 Å². The molecule has 6 heteroatoms. The summed E-state index contributed by atoms with van der Waals surface area (Å²) < 4.78 is 10.7. The van der Waals surface area contributed by atoms with Gasteiger partial charge in [0.1, 0.15) is 11.8 Å². The standard InChI is InChI=1S/C24H32N2O4/c1-6-22(24(28)30-9-4)26(20-11-10-12-21(17-20)29-5)19-15-13-18(14-16-19)23(27)25(7-2)8-3/h10-17,22H,6-9H2,1-5H3. The number of rotatable bonds is 10. The Hall–Kier alpha value is -3.02. The van der Waals surface area contributed by atoms with E-state index >= 15 is 0 Å². The van der Waals surface area contributed by atoms with Crippen molar-refractivity contribution in [2.24, 2.45) is 0 Å². The first-order chi connectivity index (χ1) is 14.5. The van der Waals surface area contributed by atoms with Crippen molar-refractivity contribution in [3.8, 4) is 5.75 Å². The van der Waals surface area contributed by atoms with Gasteiger partial charge in [-0.2, -0.15) is 0 Å². The van der Waals surface area contributed by atoms with Gasteiger partial charge in [0, 0.05) is 36.1 Å². The number of ether oxygens (including phenoxy) is 2. The summed E-state index contributed by atoms with van der Waals surface area (Å²) in [6.07, 6.45) is 0.566. The number of benzene rings is 2. The number of esters is 1. The summed E-state index contributed by atoms with van der Waals surface area (Å²) in [7, 11) is 1.61. The molecule has 6 nitrogen and oxygen atoms in total. The maximum Gasteiger partial charge on any atom is 0.329 e. The summed E-state index contributed by atoms with van der Waals surface area (Å²) >= 11 is 0. The molecular weight excluding hydrogens is 380 g/mol. The Kier molecular flexibility index (Phi) is 8.71. The van der Waals surface area contributed by atoms with Crippen molar-refractivity contribution >= 4 is 23.3 Å². The quantitative estimate of drug-likeness (QED) is 0.531. The predicted octanol–water partition coefficient (Wildman–Crippen LogP) is 4.66. The molecule has 0 saturated carbocycles. The maximum atomic E-state index is 12.7. The highest BCUT2D eigenvalue weighted by Gasteiger charge is 2.28. The third-order valence-electron chi connectivity index (χ3n) is 5.03. The number of hydrogen-bond donors (Lipinski definition) is 0. The number of amides is 1. The average Bonchev–Trinajstić information content (AvgIpc) is 2.78. The minimum absolute atomic E-state index is 0.00286. The summed E-state index contributed by atoms with van der Waals surface area (Å²) in [6, 6.07) is 14.4. The highest BCUT2D eigenvalue weighted by Crippen LogP contribution is 2.32. The Balaban J connectivity index is 2.48. The lowest BCUT2D eigenvalue weighted by molar-refractivity contribution is -0.144. The number of nitrogens with zero attached hydrogens (tertiary/aromatic N) is 2. The Bertz CT molecular complexity index is 831. The van der Waals surface area contributed by atoms with E-state index in [9.17, 15) is 9.59 Å². The van der Waals surface area contributed by atoms with Crippen LogP contribution in [0.1, 0.15) is 44.5 Å². The highest BCUT2D eigenvalue weighted by molar-refractivity contribution is 5.95. The zero-order chi connectivity index (χ0) is 22.1. The fourth-order valence-corrected chi connectivity index (χ4v) is 3.42. The molecule has 0 aliphatic rings. The van der Waals surface area contributed by atoms with E-state index in [0.717, 1.165) is 11.4 Å². The third-order valence-corrected chi connectivity index (χ3v) is 5.03. The van der Waals surface area contributed by atoms with E-state index in [1.807, 2.05) is 62.1 Å². The molecule has 0 spiro atoms. The summed E-state index contributed by atoms with van der Waals surface area (Å²) in [5, 5.41) is 0. The van der Waals surface area contributed by atoms with Gasteiger partial charge in [-0.25, -0.2) is 4.79 Å². The van der Waals surface area contributed by atoms with E-state index in [1.165, 1.54) is 0 Å². The van der Waals surface area contributed by atoms with Crippen LogP contribution in [0.25, 0.3) is 0 Å². The minimum Gasteiger partial charge on any atom is -0.497 e. The van der Waals surface area contributed by atoms with Crippen LogP contribution in [0.5, 0.6) is 5.75 Å². The first kappa shape index (κ1) is 23.3. The van der Waals surface area contributed by atoms with Crippen molar-refractivity contribution in [1.82, 2.24) is 4.90 Å². The van der Waals surface area contributed by atoms with E-state index in [0.29, 0.717) is 37.4 Å². The Labute approximate surface area is 179 Å². The zero-order valence-corrected chi connectivity index (χ0v) is 18.6. The first-order valence-electron chi connectivity index (χ1n) is 10.5. The molecular formula is C24H32N2O4. The third kappa shape index (κ3) is 5.32. The highest BCUT2D eigenvalue weighted by atomic mass is 16.5. The lowest BCUT2D eigenvalue weighted by Crippen LogP contribution is -2.39. The Morgan fingerprint density at radius 1 is 0.933 bits per heavy atom. The summed E-state index contributed by atoms with van der Waals surface area (Å²) in [6.45, 7) is 9.32. The molecule has 0 fully saturated rings. The van der Waals surface area contributed by atoms with Gasteiger partial charge in [0.2, 0.25) is 0 Å². The molecule has 2 aromatic carbocycles. The van der Waals surface area contributed by atoms with E-state index in [4.69, 9.17) is 9.47 Å². The number of hydrogen-bond acceptors (Lipinski definition) is 5. The SMILES string of the molecule is CCOC(=O)C(CC)N(c1ccc(C(=O)N(CC)CC)cc1)c1cccc(OC)c1. The van der Waals surface area contributed by atoms with Gasteiger partial charge in [0.05, 0.1) is 13.7 Å². The Morgan fingerprint density at radius 3 is 2.13 bits per heavy atom. The van der Waals surface area contributed by atoms with Gasteiger partial charge in [0.15, 0.2) is 0 Å². The largest absolute Gasteiger partial charge is 0.497 e. The molecule has 30 heavy (non-hydrogen) atoms. The van der Waals surface area contributed by atoms with Gasteiger partial charge < -0.3 is 19.3 Å². The number of carbonyl (C=O) groups excluding carboxylic acids is 2. The Morgan fingerprint density at radius 2 is 1.60 bits per heavy atom. The summed E-state index contributed by atoms with van der Waals surface area (Å²) in [5.41, 5.74) is 2.24. The molecule has 0 radical (unpaired) electrons. The molecule has 0 aliphatic heterocycles. The fourth-order valence-electron chi connectivity index (χ4n) is 3.42. The normalized spacial score (nSPS) is 11.5. The van der Waals surface area contributed by atoms with Crippen molar-refractivity contribution in [3.05, 3.63) is 54.1 Å². The second kappa shape index (κ2) is 11.2. The van der Waals surface area contributed by atoms with Crippen LogP contribution in [-0.4, -0.2) is 49.6 Å². The molecule has 162 valence electrons. The smallest absolute Gasteiger partial charge is 0.329 e. The van der Waals surface area contributed by atoms with E-state index in [2.05, 4.69) is 0 Å². The van der Waals surface area contributed by atoms with E-state index in [-0.39, 0.29) is 11.9 Å². The van der Waals surface area contributed by atoms with Crippen LogP contribution >= 0.6 is 0 Å². The lowest BCUT2D eigenvalue weighted by Gasteiger charge is -2.32. The van der Waals surface area contributed by atoms with Crippen molar-refractivity contribution in [3.63, 3.8) is 0 Å². The summed E-state index contributed by atoms with van der Waals surface area (Å²) in [4.78, 5) is 29.1. The van der Waals surface area contributed by atoms with Crippen LogP contribution in [0.3, 0.4) is 0 Å². The van der Waals surface area contributed by atoms with Gasteiger partial charge in [-0.3, -0.25) is 4.79 Å². The number of anilines is 2. The van der Waals surface area contributed by atoms with Crippen molar-refractivity contribution in [2.45, 2.75) is 40.2 Å². The molecule has 2 aromatic rings. The molecule has 1 unspecified atom stereocenters. The fraction of sp³-hybridized carbons (Fsp3) is 0.417. The average molecular weight is 413 g/mol. The van der Waals surface area contributed by atoms with Crippen LogP contribution < -0.4 is 9.64 Å². The monoisotopic (exact) mass is 412 g/mol. The molecule has 0 N–H and O–H groups in total. The summed E-state index contributed by atoms with van der Waals surface area (Å²) in [5.74, 6) is 0.410. The van der Waals surface area contributed by atoms with Gasteiger partial charge in [-0.05, 0) is 63.6 Å². The molecule has 0 heterocycles. The van der Waals surface area contributed by atoms with Gasteiger partial charge in [-0.1, -0.05) is 13.0 Å². The lowest BCUT2D eigenvalue weighted by atomic mass is 10.1. The van der Waals surface area contributed by atoms with Crippen LogP contribution in [0, 0.1) is 0 Å². The van der Waals surface area contributed by atoms with Crippen molar-refractivity contribution in [2.75, 3.05) is 31.7 Å². The van der Waals surface area contributed by atoms with Crippen molar-refractivity contribution in [1.29, 1.82) is 0 Å². The van der Waals surface area contributed by atoms with Crippen LogP contribution in [0.4, 0.5) is 11.4 Å². The van der Waals surface area contributed by atoms with Crippen molar-refractivity contribution < 1.29 is 19.1 Å².